The van der Waals surface area contributed by atoms with Crippen LogP contribution < -0.4 is 10.0 Å². The highest BCUT2D eigenvalue weighted by Gasteiger charge is 2.19. The molecule has 0 radical (unpaired) electrons. The summed E-state index contributed by atoms with van der Waals surface area (Å²) in [6.45, 7) is 0. The molecule has 1 aromatic heterocycles. The van der Waals surface area contributed by atoms with Gasteiger partial charge in [0.05, 0.1) is 5.02 Å². The summed E-state index contributed by atoms with van der Waals surface area (Å²) in [5.74, 6) is 0.0591. The standard InChI is InChI=1S/C18H13Cl2N3O3S/c19-13-6-9-15(20)16(11-13)27(25,26)23-14-7-4-12(5-8-14)18(24)22-17-3-1-2-10-21-17/h1-11,23H,(H,21,22,24). The van der Waals surface area contributed by atoms with Gasteiger partial charge < -0.3 is 5.32 Å². The lowest BCUT2D eigenvalue weighted by molar-refractivity contribution is 0.102. The molecule has 9 heteroatoms. The van der Waals surface area contributed by atoms with Crippen LogP contribution in [0.15, 0.2) is 71.8 Å². The third kappa shape index (κ3) is 4.77. The molecule has 0 atom stereocenters. The Bertz CT molecular complexity index is 1070. The van der Waals surface area contributed by atoms with Gasteiger partial charge in [-0.2, -0.15) is 0 Å². The second kappa shape index (κ2) is 7.96. The Balaban J connectivity index is 1.75. The number of benzene rings is 2. The van der Waals surface area contributed by atoms with Crippen molar-refractivity contribution in [3.8, 4) is 0 Å². The van der Waals surface area contributed by atoms with Crippen LogP contribution in [-0.2, 0) is 10.0 Å². The first-order valence-corrected chi connectivity index (χ1v) is 9.89. The molecule has 0 aliphatic heterocycles. The lowest BCUT2D eigenvalue weighted by atomic mass is 10.2. The van der Waals surface area contributed by atoms with E-state index in [4.69, 9.17) is 23.2 Å². The summed E-state index contributed by atoms with van der Waals surface area (Å²) in [6.07, 6.45) is 1.56. The largest absolute Gasteiger partial charge is 0.307 e. The van der Waals surface area contributed by atoms with Crippen LogP contribution in [-0.4, -0.2) is 19.3 Å². The average Bonchev–Trinajstić information content (AvgIpc) is 2.64. The van der Waals surface area contributed by atoms with E-state index in [9.17, 15) is 13.2 Å². The van der Waals surface area contributed by atoms with Gasteiger partial charge in [-0.3, -0.25) is 9.52 Å². The number of rotatable bonds is 5. The van der Waals surface area contributed by atoms with Crippen LogP contribution in [0.2, 0.25) is 10.0 Å². The maximum atomic E-state index is 12.5. The van der Waals surface area contributed by atoms with E-state index < -0.39 is 10.0 Å². The maximum Gasteiger partial charge on any atom is 0.263 e. The summed E-state index contributed by atoms with van der Waals surface area (Å²) in [6, 6.07) is 15.3. The number of anilines is 2. The van der Waals surface area contributed by atoms with Crippen LogP contribution in [0.1, 0.15) is 10.4 Å². The number of aromatic nitrogens is 1. The zero-order chi connectivity index (χ0) is 19.4. The van der Waals surface area contributed by atoms with Crippen LogP contribution in [0, 0.1) is 0 Å². The molecular formula is C18H13Cl2N3O3S. The molecule has 1 amide bonds. The van der Waals surface area contributed by atoms with Gasteiger partial charge in [-0.25, -0.2) is 13.4 Å². The van der Waals surface area contributed by atoms with Crippen molar-refractivity contribution < 1.29 is 13.2 Å². The highest BCUT2D eigenvalue weighted by molar-refractivity contribution is 7.92. The summed E-state index contributed by atoms with van der Waals surface area (Å²) in [5, 5.41) is 2.95. The summed E-state index contributed by atoms with van der Waals surface area (Å²) >= 11 is 11.8. The average molecular weight is 422 g/mol. The molecule has 0 bridgehead atoms. The predicted molar refractivity (Wildman–Crippen MR) is 106 cm³/mol. The van der Waals surface area contributed by atoms with E-state index in [1.54, 1.807) is 24.4 Å². The quantitative estimate of drug-likeness (QED) is 0.636. The van der Waals surface area contributed by atoms with Gasteiger partial charge in [-0.1, -0.05) is 29.3 Å². The molecule has 0 aliphatic carbocycles. The molecule has 3 rings (SSSR count). The summed E-state index contributed by atoms with van der Waals surface area (Å²) < 4.78 is 27.4. The molecule has 2 N–H and O–H groups in total. The first-order chi connectivity index (χ1) is 12.8. The van der Waals surface area contributed by atoms with Gasteiger partial charge in [0, 0.05) is 22.5 Å². The van der Waals surface area contributed by atoms with Crippen molar-refractivity contribution in [2.24, 2.45) is 0 Å². The molecule has 0 spiro atoms. The van der Waals surface area contributed by atoms with Gasteiger partial charge in [0.1, 0.15) is 10.7 Å². The van der Waals surface area contributed by atoms with E-state index in [1.807, 2.05) is 0 Å². The Kier molecular flexibility index (Phi) is 5.65. The van der Waals surface area contributed by atoms with Gasteiger partial charge in [0.25, 0.3) is 15.9 Å². The summed E-state index contributed by atoms with van der Waals surface area (Å²) in [4.78, 5) is 16.1. The lowest BCUT2D eigenvalue weighted by Crippen LogP contribution is -2.15. The lowest BCUT2D eigenvalue weighted by Gasteiger charge is -2.10. The number of carbonyl (C=O) groups excluding carboxylic acids is 1. The number of hydrogen-bond donors (Lipinski definition) is 2. The second-order valence-corrected chi connectivity index (χ2v) is 7.92. The first-order valence-electron chi connectivity index (χ1n) is 7.65. The highest BCUT2D eigenvalue weighted by atomic mass is 35.5. The minimum absolute atomic E-state index is 0.0539. The molecule has 6 nitrogen and oxygen atoms in total. The number of nitrogens with one attached hydrogen (secondary N) is 2. The van der Waals surface area contributed by atoms with Gasteiger partial charge in [-0.05, 0) is 54.6 Å². The van der Waals surface area contributed by atoms with Crippen molar-refractivity contribution in [1.29, 1.82) is 0 Å². The van der Waals surface area contributed by atoms with Crippen molar-refractivity contribution in [3.05, 3.63) is 82.5 Å². The number of sulfonamides is 1. The van der Waals surface area contributed by atoms with Crippen molar-refractivity contribution in [2.75, 3.05) is 10.0 Å². The number of halogens is 2. The van der Waals surface area contributed by atoms with Crippen LogP contribution in [0.25, 0.3) is 0 Å². The first kappa shape index (κ1) is 19.2. The zero-order valence-electron chi connectivity index (χ0n) is 13.7. The molecule has 2 aromatic carbocycles. The van der Waals surface area contributed by atoms with Crippen molar-refractivity contribution >= 4 is 50.6 Å². The predicted octanol–water partition coefficient (Wildman–Crippen LogP) is 4.44. The van der Waals surface area contributed by atoms with E-state index in [2.05, 4.69) is 15.0 Å². The van der Waals surface area contributed by atoms with Crippen LogP contribution >= 0.6 is 23.2 Å². The van der Waals surface area contributed by atoms with Gasteiger partial charge >= 0.3 is 0 Å². The molecule has 0 fully saturated rings. The molecule has 3 aromatic rings. The molecule has 0 saturated carbocycles. The Morgan fingerprint density at radius 1 is 0.963 bits per heavy atom. The van der Waals surface area contributed by atoms with E-state index in [1.165, 1.54) is 42.5 Å². The Labute approximate surface area is 166 Å². The SMILES string of the molecule is O=C(Nc1ccccn1)c1ccc(NS(=O)(=O)c2cc(Cl)ccc2Cl)cc1. The monoisotopic (exact) mass is 421 g/mol. The number of hydrogen-bond acceptors (Lipinski definition) is 4. The fraction of sp³-hybridized carbons (Fsp3) is 0. The van der Waals surface area contributed by atoms with Gasteiger partial charge in [0.15, 0.2) is 0 Å². The van der Waals surface area contributed by atoms with Crippen molar-refractivity contribution in [3.63, 3.8) is 0 Å². The normalized spacial score (nSPS) is 11.0. The van der Waals surface area contributed by atoms with Crippen LogP contribution in [0.5, 0.6) is 0 Å². The molecule has 1 heterocycles. The van der Waals surface area contributed by atoms with Crippen LogP contribution in [0.4, 0.5) is 11.5 Å². The Hall–Kier alpha value is -2.61. The van der Waals surface area contributed by atoms with E-state index in [-0.39, 0.29) is 26.5 Å². The molecule has 0 saturated heterocycles. The van der Waals surface area contributed by atoms with E-state index in [0.29, 0.717) is 11.4 Å². The topological polar surface area (TPSA) is 88.2 Å². The highest BCUT2D eigenvalue weighted by Crippen LogP contribution is 2.27. The van der Waals surface area contributed by atoms with Crippen molar-refractivity contribution in [1.82, 2.24) is 4.98 Å². The Morgan fingerprint density at radius 3 is 2.37 bits per heavy atom. The Morgan fingerprint density at radius 2 is 1.70 bits per heavy atom. The zero-order valence-corrected chi connectivity index (χ0v) is 16.0. The van der Waals surface area contributed by atoms with Crippen LogP contribution in [0.3, 0.4) is 0 Å². The third-order valence-electron chi connectivity index (χ3n) is 3.49. The number of amides is 1. The molecule has 138 valence electrons. The molecular weight excluding hydrogens is 409 g/mol. The molecule has 0 aliphatic rings. The minimum Gasteiger partial charge on any atom is -0.307 e. The molecule has 27 heavy (non-hydrogen) atoms. The van der Waals surface area contributed by atoms with E-state index >= 15 is 0 Å². The summed E-state index contributed by atoms with van der Waals surface area (Å²) in [7, 11) is -3.93. The smallest absolute Gasteiger partial charge is 0.263 e. The van der Waals surface area contributed by atoms with Gasteiger partial charge in [0.2, 0.25) is 0 Å². The fourth-order valence-corrected chi connectivity index (χ4v) is 4.03. The van der Waals surface area contributed by atoms with Gasteiger partial charge in [-0.15, -0.1) is 0 Å². The molecule has 0 unspecified atom stereocenters. The maximum absolute atomic E-state index is 12.5. The third-order valence-corrected chi connectivity index (χ3v) is 5.59. The number of pyridine rings is 1. The minimum atomic E-state index is -3.93. The fourth-order valence-electron chi connectivity index (χ4n) is 2.21. The second-order valence-electron chi connectivity index (χ2n) is 5.43. The van der Waals surface area contributed by atoms with E-state index in [0.717, 1.165) is 0 Å². The number of nitrogens with zero attached hydrogens (tertiary/aromatic N) is 1. The number of carbonyl (C=O) groups is 1. The van der Waals surface area contributed by atoms with Crippen molar-refractivity contribution in [2.45, 2.75) is 4.90 Å². The summed E-state index contributed by atoms with van der Waals surface area (Å²) in [5.41, 5.74) is 0.629.